The Bertz CT molecular complexity index is 270. The average molecular weight is 195 g/mol. The van der Waals surface area contributed by atoms with Crippen LogP contribution >= 0.6 is 11.3 Å². The lowest BCUT2D eigenvalue weighted by Gasteiger charge is -2.31. The summed E-state index contributed by atoms with van der Waals surface area (Å²) >= 11 is 1.75. The van der Waals surface area contributed by atoms with E-state index in [1.165, 1.54) is 11.3 Å². The molecule has 70 valence electrons. The Hall–Kier alpha value is -0.830. The Morgan fingerprint density at radius 3 is 3.15 bits per heavy atom. The molecule has 0 N–H and O–H groups in total. The Morgan fingerprint density at radius 1 is 1.54 bits per heavy atom. The van der Waals surface area contributed by atoms with E-state index in [2.05, 4.69) is 17.5 Å². The highest BCUT2D eigenvalue weighted by molar-refractivity contribution is 7.10. The van der Waals surface area contributed by atoms with Gasteiger partial charge in [-0.3, -0.25) is 4.79 Å². The molecule has 3 heteroatoms. The molecule has 0 bridgehead atoms. The van der Waals surface area contributed by atoms with Gasteiger partial charge in [0.05, 0.1) is 6.04 Å². The summed E-state index contributed by atoms with van der Waals surface area (Å²) in [5, 5.41) is 2.08. The van der Waals surface area contributed by atoms with Gasteiger partial charge in [0.15, 0.2) is 0 Å². The molecule has 2 nitrogen and oxygen atoms in total. The number of hydrogen-bond acceptors (Lipinski definition) is 2. The maximum atomic E-state index is 10.8. The van der Waals surface area contributed by atoms with Gasteiger partial charge in [-0.1, -0.05) is 6.07 Å². The minimum Gasteiger partial charge on any atom is -0.337 e. The first-order valence-electron chi connectivity index (χ1n) is 4.66. The summed E-state index contributed by atoms with van der Waals surface area (Å²) in [6.07, 6.45) is 4.51. The zero-order chi connectivity index (χ0) is 9.10. The van der Waals surface area contributed by atoms with Crippen molar-refractivity contribution < 1.29 is 4.79 Å². The lowest BCUT2D eigenvalue weighted by molar-refractivity contribution is -0.121. The summed E-state index contributed by atoms with van der Waals surface area (Å²) in [6.45, 7) is 0.923. The van der Waals surface area contributed by atoms with Crippen molar-refractivity contribution in [2.75, 3.05) is 6.54 Å². The van der Waals surface area contributed by atoms with E-state index < -0.39 is 0 Å². The van der Waals surface area contributed by atoms with Gasteiger partial charge < -0.3 is 4.90 Å². The van der Waals surface area contributed by atoms with Crippen LogP contribution in [0.25, 0.3) is 0 Å². The maximum absolute atomic E-state index is 10.8. The van der Waals surface area contributed by atoms with Gasteiger partial charge in [0, 0.05) is 11.4 Å². The number of amides is 1. The number of hydrogen-bond donors (Lipinski definition) is 0. The van der Waals surface area contributed by atoms with E-state index in [1.54, 1.807) is 11.3 Å². The zero-order valence-corrected chi connectivity index (χ0v) is 8.30. The van der Waals surface area contributed by atoms with E-state index in [0.29, 0.717) is 6.04 Å². The van der Waals surface area contributed by atoms with Crippen LogP contribution in [0.15, 0.2) is 17.5 Å². The summed E-state index contributed by atoms with van der Waals surface area (Å²) in [5.41, 5.74) is 0. The second-order valence-corrected chi connectivity index (χ2v) is 4.35. The maximum Gasteiger partial charge on any atom is 0.210 e. The summed E-state index contributed by atoms with van der Waals surface area (Å²) in [6, 6.07) is 4.53. The van der Waals surface area contributed by atoms with Gasteiger partial charge in [-0.15, -0.1) is 11.3 Å². The molecule has 0 unspecified atom stereocenters. The lowest BCUT2D eigenvalue weighted by atomic mass is 10.0. The third-order valence-electron chi connectivity index (χ3n) is 2.55. The fraction of sp³-hybridized carbons (Fsp3) is 0.500. The molecule has 0 aliphatic carbocycles. The molecule has 2 rings (SSSR count). The second-order valence-electron chi connectivity index (χ2n) is 3.37. The number of thiophene rings is 1. The van der Waals surface area contributed by atoms with Crippen molar-refractivity contribution in [3.05, 3.63) is 22.4 Å². The summed E-state index contributed by atoms with van der Waals surface area (Å²) in [4.78, 5) is 14.0. The van der Waals surface area contributed by atoms with Crippen LogP contribution in [-0.2, 0) is 4.79 Å². The summed E-state index contributed by atoms with van der Waals surface area (Å²) in [5.74, 6) is 0. The highest BCUT2D eigenvalue weighted by atomic mass is 32.1. The minimum absolute atomic E-state index is 0.353. The van der Waals surface area contributed by atoms with Gasteiger partial charge in [0.1, 0.15) is 0 Å². The van der Waals surface area contributed by atoms with Crippen molar-refractivity contribution in [2.24, 2.45) is 0 Å². The molecule has 1 aromatic heterocycles. The van der Waals surface area contributed by atoms with E-state index in [4.69, 9.17) is 0 Å². The topological polar surface area (TPSA) is 20.3 Å². The molecule has 1 aliphatic heterocycles. The Morgan fingerprint density at radius 2 is 2.46 bits per heavy atom. The van der Waals surface area contributed by atoms with Crippen LogP contribution in [-0.4, -0.2) is 17.9 Å². The molecule has 1 aromatic rings. The van der Waals surface area contributed by atoms with Crippen molar-refractivity contribution in [3.63, 3.8) is 0 Å². The van der Waals surface area contributed by atoms with Gasteiger partial charge in [-0.25, -0.2) is 0 Å². The van der Waals surface area contributed by atoms with Crippen LogP contribution in [0.5, 0.6) is 0 Å². The fourth-order valence-corrected chi connectivity index (χ4v) is 2.75. The van der Waals surface area contributed by atoms with Gasteiger partial charge in [0.2, 0.25) is 6.41 Å². The molecule has 1 saturated heterocycles. The Kier molecular flexibility index (Phi) is 2.64. The third kappa shape index (κ3) is 1.75. The molecule has 0 aromatic carbocycles. The number of carbonyl (C=O) groups excluding carboxylic acids is 1. The van der Waals surface area contributed by atoms with Crippen molar-refractivity contribution in [1.29, 1.82) is 0 Å². The molecular formula is C10H13NOS. The van der Waals surface area contributed by atoms with Gasteiger partial charge in [0.25, 0.3) is 0 Å². The predicted molar refractivity (Wildman–Crippen MR) is 53.7 cm³/mol. The molecule has 2 heterocycles. The Balaban J connectivity index is 2.15. The third-order valence-corrected chi connectivity index (χ3v) is 3.52. The smallest absolute Gasteiger partial charge is 0.210 e. The quantitative estimate of drug-likeness (QED) is 0.664. The minimum atomic E-state index is 0.353. The van der Waals surface area contributed by atoms with E-state index in [9.17, 15) is 4.79 Å². The molecule has 1 aliphatic rings. The normalized spacial score (nSPS) is 23.1. The molecule has 0 radical (unpaired) electrons. The van der Waals surface area contributed by atoms with Crippen molar-refractivity contribution in [2.45, 2.75) is 25.3 Å². The first kappa shape index (κ1) is 8.75. The highest BCUT2D eigenvalue weighted by Gasteiger charge is 2.22. The van der Waals surface area contributed by atoms with E-state index >= 15 is 0 Å². The SMILES string of the molecule is O=CN1CCCC[C@H]1c1cccs1. The summed E-state index contributed by atoms with van der Waals surface area (Å²) in [7, 11) is 0. The van der Waals surface area contributed by atoms with Crippen LogP contribution in [0.3, 0.4) is 0 Å². The molecule has 1 fully saturated rings. The van der Waals surface area contributed by atoms with E-state index in [0.717, 1.165) is 25.8 Å². The molecule has 1 amide bonds. The van der Waals surface area contributed by atoms with Gasteiger partial charge >= 0.3 is 0 Å². The zero-order valence-electron chi connectivity index (χ0n) is 7.48. The van der Waals surface area contributed by atoms with Crippen LogP contribution < -0.4 is 0 Å². The molecule has 1 atom stereocenters. The number of carbonyl (C=O) groups is 1. The first-order valence-corrected chi connectivity index (χ1v) is 5.54. The van der Waals surface area contributed by atoms with Crippen molar-refractivity contribution in [1.82, 2.24) is 4.90 Å². The van der Waals surface area contributed by atoms with Crippen molar-refractivity contribution >= 4 is 17.7 Å². The number of piperidine rings is 1. The molecule has 13 heavy (non-hydrogen) atoms. The average Bonchev–Trinajstić information content (AvgIpc) is 2.70. The second kappa shape index (κ2) is 3.92. The first-order chi connectivity index (χ1) is 6.42. The number of rotatable bonds is 2. The van der Waals surface area contributed by atoms with Gasteiger partial charge in [-0.05, 0) is 30.7 Å². The fourth-order valence-electron chi connectivity index (χ4n) is 1.87. The van der Waals surface area contributed by atoms with Gasteiger partial charge in [-0.2, -0.15) is 0 Å². The molecule has 0 spiro atoms. The van der Waals surface area contributed by atoms with E-state index in [-0.39, 0.29) is 0 Å². The number of likely N-dealkylation sites (tertiary alicyclic amines) is 1. The summed E-state index contributed by atoms with van der Waals surface area (Å²) < 4.78 is 0. The Labute approximate surface area is 82.2 Å². The van der Waals surface area contributed by atoms with Crippen LogP contribution in [0.4, 0.5) is 0 Å². The van der Waals surface area contributed by atoms with Crippen LogP contribution in [0.2, 0.25) is 0 Å². The highest BCUT2D eigenvalue weighted by Crippen LogP contribution is 2.32. The standard InChI is InChI=1S/C10H13NOS/c12-8-11-6-2-1-4-9(11)10-5-3-7-13-10/h3,5,7-9H,1-2,4,6H2/t9-/m0/s1. The molecular weight excluding hydrogens is 182 g/mol. The van der Waals surface area contributed by atoms with Crippen molar-refractivity contribution in [3.8, 4) is 0 Å². The predicted octanol–water partition coefficient (Wildman–Crippen LogP) is 2.43. The number of nitrogens with zero attached hydrogens (tertiary/aromatic N) is 1. The molecule has 0 saturated carbocycles. The largest absolute Gasteiger partial charge is 0.337 e. The van der Waals surface area contributed by atoms with Crippen LogP contribution in [0.1, 0.15) is 30.2 Å². The monoisotopic (exact) mass is 195 g/mol. The lowest BCUT2D eigenvalue weighted by Crippen LogP contribution is -2.31. The van der Waals surface area contributed by atoms with E-state index in [1.807, 2.05) is 4.90 Å². The van der Waals surface area contributed by atoms with Crippen LogP contribution in [0, 0.1) is 0 Å².